The maximum absolute atomic E-state index is 3.67. The van der Waals surface area contributed by atoms with Crippen LogP contribution < -0.4 is 5.32 Å². The van der Waals surface area contributed by atoms with Crippen molar-refractivity contribution in [1.82, 2.24) is 10.2 Å². The highest BCUT2D eigenvalue weighted by Gasteiger charge is 2.34. The molecule has 0 aliphatic carbocycles. The van der Waals surface area contributed by atoms with Gasteiger partial charge < -0.3 is 5.32 Å². The van der Waals surface area contributed by atoms with Crippen LogP contribution in [0.15, 0.2) is 0 Å². The van der Waals surface area contributed by atoms with Gasteiger partial charge >= 0.3 is 0 Å². The zero-order valence-corrected chi connectivity index (χ0v) is 9.21. The SMILES string of the molecule is CC#CCN(C)C1CC2CCC(C1)N2. The van der Waals surface area contributed by atoms with Gasteiger partial charge in [0.1, 0.15) is 0 Å². The van der Waals surface area contributed by atoms with Crippen molar-refractivity contribution < 1.29 is 0 Å². The average Bonchev–Trinajstić information content (AvgIpc) is 2.54. The van der Waals surface area contributed by atoms with E-state index in [1.54, 1.807) is 0 Å². The topological polar surface area (TPSA) is 15.3 Å². The van der Waals surface area contributed by atoms with Crippen LogP contribution in [0.1, 0.15) is 32.6 Å². The van der Waals surface area contributed by atoms with Gasteiger partial charge in [-0.15, -0.1) is 5.92 Å². The molecule has 2 unspecified atom stereocenters. The van der Waals surface area contributed by atoms with Gasteiger partial charge in [0, 0.05) is 18.1 Å². The predicted molar refractivity (Wildman–Crippen MR) is 59.0 cm³/mol. The van der Waals surface area contributed by atoms with Gasteiger partial charge in [0.15, 0.2) is 0 Å². The molecule has 2 atom stereocenters. The molecular formula is C12H20N2. The number of hydrogen-bond donors (Lipinski definition) is 1. The van der Waals surface area contributed by atoms with Gasteiger partial charge in [-0.05, 0) is 39.7 Å². The summed E-state index contributed by atoms with van der Waals surface area (Å²) in [6, 6.07) is 2.33. The van der Waals surface area contributed by atoms with Gasteiger partial charge in [0.2, 0.25) is 0 Å². The molecule has 2 aliphatic rings. The van der Waals surface area contributed by atoms with Gasteiger partial charge in [-0.1, -0.05) is 5.92 Å². The maximum atomic E-state index is 3.67. The van der Waals surface area contributed by atoms with Crippen LogP contribution in [0.2, 0.25) is 0 Å². The molecule has 0 aromatic rings. The van der Waals surface area contributed by atoms with Crippen LogP contribution in [0.3, 0.4) is 0 Å². The minimum Gasteiger partial charge on any atom is -0.311 e. The van der Waals surface area contributed by atoms with E-state index in [1.165, 1.54) is 25.7 Å². The van der Waals surface area contributed by atoms with E-state index in [2.05, 4.69) is 29.1 Å². The van der Waals surface area contributed by atoms with Crippen molar-refractivity contribution >= 4 is 0 Å². The third kappa shape index (κ3) is 2.10. The Labute approximate surface area is 87.1 Å². The zero-order chi connectivity index (χ0) is 9.97. The smallest absolute Gasteiger partial charge is 0.0601 e. The van der Waals surface area contributed by atoms with E-state index >= 15 is 0 Å². The van der Waals surface area contributed by atoms with E-state index in [1.807, 2.05) is 6.92 Å². The summed E-state index contributed by atoms with van der Waals surface area (Å²) in [7, 11) is 2.21. The lowest BCUT2D eigenvalue weighted by Crippen LogP contribution is -2.47. The van der Waals surface area contributed by atoms with Crippen LogP contribution >= 0.6 is 0 Å². The van der Waals surface area contributed by atoms with Crippen molar-refractivity contribution in [3.63, 3.8) is 0 Å². The quantitative estimate of drug-likeness (QED) is 0.662. The Hall–Kier alpha value is -0.520. The van der Waals surface area contributed by atoms with Gasteiger partial charge in [-0.2, -0.15) is 0 Å². The van der Waals surface area contributed by atoms with Crippen LogP contribution in [-0.4, -0.2) is 36.6 Å². The van der Waals surface area contributed by atoms with Crippen molar-refractivity contribution in [3.8, 4) is 11.8 Å². The van der Waals surface area contributed by atoms with E-state index in [0.717, 1.165) is 24.7 Å². The van der Waals surface area contributed by atoms with E-state index < -0.39 is 0 Å². The highest BCUT2D eigenvalue weighted by molar-refractivity contribution is 5.01. The lowest BCUT2D eigenvalue weighted by atomic mass is 9.99. The molecule has 2 heteroatoms. The number of nitrogens with zero attached hydrogens (tertiary/aromatic N) is 1. The highest BCUT2D eigenvalue weighted by Crippen LogP contribution is 2.28. The molecule has 0 aromatic heterocycles. The molecule has 2 saturated heterocycles. The molecule has 2 fully saturated rings. The van der Waals surface area contributed by atoms with Crippen LogP contribution in [-0.2, 0) is 0 Å². The Bertz CT molecular complexity index is 239. The first-order valence-corrected chi connectivity index (χ1v) is 5.65. The van der Waals surface area contributed by atoms with Crippen molar-refractivity contribution in [1.29, 1.82) is 0 Å². The van der Waals surface area contributed by atoms with E-state index in [-0.39, 0.29) is 0 Å². The first kappa shape index (κ1) is 10.0. The predicted octanol–water partition coefficient (Wildman–Crippen LogP) is 1.22. The molecule has 0 spiro atoms. The summed E-state index contributed by atoms with van der Waals surface area (Å²) in [6.07, 6.45) is 5.40. The van der Waals surface area contributed by atoms with E-state index in [4.69, 9.17) is 0 Å². The number of nitrogens with one attached hydrogen (secondary N) is 1. The summed E-state index contributed by atoms with van der Waals surface area (Å²) in [6.45, 7) is 2.85. The standard InChI is InChI=1S/C12H20N2/c1-3-4-7-14(2)12-8-10-5-6-11(9-12)13-10/h10-13H,5-9H2,1-2H3. The molecule has 78 valence electrons. The van der Waals surface area contributed by atoms with Gasteiger partial charge in [0.05, 0.1) is 6.54 Å². The van der Waals surface area contributed by atoms with Gasteiger partial charge in [-0.25, -0.2) is 0 Å². The van der Waals surface area contributed by atoms with Crippen molar-refractivity contribution in [3.05, 3.63) is 0 Å². The molecule has 0 aromatic carbocycles. The number of rotatable bonds is 2. The van der Waals surface area contributed by atoms with Crippen molar-refractivity contribution in [2.24, 2.45) is 0 Å². The summed E-state index contributed by atoms with van der Waals surface area (Å²) in [5, 5.41) is 3.67. The highest BCUT2D eigenvalue weighted by atomic mass is 15.2. The van der Waals surface area contributed by atoms with E-state index in [9.17, 15) is 0 Å². The Kier molecular flexibility index (Phi) is 3.10. The Balaban J connectivity index is 1.88. The molecule has 2 aliphatic heterocycles. The summed E-state index contributed by atoms with van der Waals surface area (Å²) < 4.78 is 0. The largest absolute Gasteiger partial charge is 0.311 e. The normalized spacial score (nSPS) is 35.5. The van der Waals surface area contributed by atoms with Gasteiger partial charge in [0.25, 0.3) is 0 Å². The summed E-state index contributed by atoms with van der Waals surface area (Å²) in [5.41, 5.74) is 0. The number of hydrogen-bond acceptors (Lipinski definition) is 2. The van der Waals surface area contributed by atoms with Gasteiger partial charge in [-0.3, -0.25) is 4.90 Å². The third-order valence-electron chi connectivity index (χ3n) is 3.58. The number of piperidine rings is 1. The fraction of sp³-hybridized carbons (Fsp3) is 0.833. The molecule has 1 N–H and O–H groups in total. The second-order valence-corrected chi connectivity index (χ2v) is 4.60. The number of fused-ring (bicyclic) bond motifs is 2. The lowest BCUT2D eigenvalue weighted by molar-refractivity contribution is 0.189. The fourth-order valence-corrected chi connectivity index (χ4v) is 2.72. The van der Waals surface area contributed by atoms with Crippen LogP contribution in [0.5, 0.6) is 0 Å². The lowest BCUT2D eigenvalue weighted by Gasteiger charge is -2.34. The van der Waals surface area contributed by atoms with Crippen molar-refractivity contribution in [2.75, 3.05) is 13.6 Å². The molecule has 2 rings (SSSR count). The molecule has 0 saturated carbocycles. The van der Waals surface area contributed by atoms with E-state index in [0.29, 0.717) is 0 Å². The molecule has 0 amide bonds. The summed E-state index contributed by atoms with van der Waals surface area (Å²) in [4.78, 5) is 2.42. The van der Waals surface area contributed by atoms with Crippen LogP contribution in [0, 0.1) is 11.8 Å². The Morgan fingerprint density at radius 1 is 1.29 bits per heavy atom. The average molecular weight is 192 g/mol. The second kappa shape index (κ2) is 4.33. The monoisotopic (exact) mass is 192 g/mol. The molecule has 2 nitrogen and oxygen atoms in total. The molecular weight excluding hydrogens is 172 g/mol. The first-order chi connectivity index (χ1) is 6.79. The fourth-order valence-electron chi connectivity index (χ4n) is 2.72. The van der Waals surface area contributed by atoms with Crippen LogP contribution in [0.25, 0.3) is 0 Å². The Morgan fingerprint density at radius 2 is 1.93 bits per heavy atom. The summed E-state index contributed by atoms with van der Waals surface area (Å²) in [5.74, 6) is 6.12. The Morgan fingerprint density at radius 3 is 2.50 bits per heavy atom. The molecule has 14 heavy (non-hydrogen) atoms. The minimum atomic E-state index is 0.759. The summed E-state index contributed by atoms with van der Waals surface area (Å²) >= 11 is 0. The third-order valence-corrected chi connectivity index (χ3v) is 3.58. The zero-order valence-electron chi connectivity index (χ0n) is 9.21. The van der Waals surface area contributed by atoms with Crippen LogP contribution in [0.4, 0.5) is 0 Å². The first-order valence-electron chi connectivity index (χ1n) is 5.65. The van der Waals surface area contributed by atoms with Crippen molar-refractivity contribution in [2.45, 2.75) is 50.7 Å². The minimum absolute atomic E-state index is 0.759. The molecule has 2 bridgehead atoms. The molecule has 0 radical (unpaired) electrons. The second-order valence-electron chi connectivity index (χ2n) is 4.60. The molecule has 2 heterocycles. The maximum Gasteiger partial charge on any atom is 0.0601 e.